The lowest BCUT2D eigenvalue weighted by molar-refractivity contribution is -0.121. The second kappa shape index (κ2) is 10.2. The van der Waals surface area contributed by atoms with Gasteiger partial charge in [0.1, 0.15) is 5.76 Å². The van der Waals surface area contributed by atoms with E-state index in [4.69, 9.17) is 4.42 Å². The maximum Gasteiger partial charge on any atom is 0.264 e. The summed E-state index contributed by atoms with van der Waals surface area (Å²) >= 11 is 4.64. The van der Waals surface area contributed by atoms with E-state index < -0.39 is 0 Å². The van der Waals surface area contributed by atoms with Crippen molar-refractivity contribution in [2.45, 2.75) is 13.1 Å². The van der Waals surface area contributed by atoms with E-state index in [1.807, 2.05) is 6.07 Å². The van der Waals surface area contributed by atoms with Crippen molar-refractivity contribution in [1.29, 1.82) is 0 Å². The number of amides is 3. The SMILES string of the molecule is CN(CC(=O)NCc1cccc(C(=O)NCc2ccco2)c1)C(=O)c1ccc(Br)s1. The summed E-state index contributed by atoms with van der Waals surface area (Å²) in [5, 5.41) is 5.56. The monoisotopic (exact) mass is 489 g/mol. The minimum atomic E-state index is -0.283. The fourth-order valence-electron chi connectivity index (χ4n) is 2.67. The van der Waals surface area contributed by atoms with Crippen LogP contribution in [0.2, 0.25) is 0 Å². The van der Waals surface area contributed by atoms with Crippen LogP contribution >= 0.6 is 27.3 Å². The number of halogens is 1. The molecule has 2 N–H and O–H groups in total. The fourth-order valence-corrected chi connectivity index (χ4v) is 4.05. The molecule has 2 heterocycles. The second-order valence-electron chi connectivity index (χ2n) is 6.50. The summed E-state index contributed by atoms with van der Waals surface area (Å²) in [7, 11) is 1.58. The Bertz CT molecular complexity index is 1030. The Morgan fingerprint density at radius 1 is 1.07 bits per heavy atom. The molecule has 7 nitrogen and oxygen atoms in total. The first-order valence-electron chi connectivity index (χ1n) is 9.09. The van der Waals surface area contributed by atoms with Crippen molar-refractivity contribution in [3.05, 3.63) is 80.3 Å². The Morgan fingerprint density at radius 3 is 2.60 bits per heavy atom. The quantitative estimate of drug-likeness (QED) is 0.506. The van der Waals surface area contributed by atoms with Gasteiger partial charge in [0.25, 0.3) is 11.8 Å². The smallest absolute Gasteiger partial charge is 0.264 e. The van der Waals surface area contributed by atoms with E-state index in [-0.39, 0.29) is 30.8 Å². The Morgan fingerprint density at radius 2 is 1.90 bits per heavy atom. The molecule has 0 aliphatic rings. The van der Waals surface area contributed by atoms with Crippen LogP contribution in [0.5, 0.6) is 0 Å². The predicted octanol–water partition coefficient (Wildman–Crippen LogP) is 3.42. The number of hydrogen-bond donors (Lipinski definition) is 2. The zero-order valence-corrected chi connectivity index (χ0v) is 18.6. The Balaban J connectivity index is 1.49. The highest BCUT2D eigenvalue weighted by molar-refractivity contribution is 9.11. The maximum atomic E-state index is 12.3. The van der Waals surface area contributed by atoms with Gasteiger partial charge >= 0.3 is 0 Å². The molecule has 3 aromatic rings. The number of furan rings is 1. The lowest BCUT2D eigenvalue weighted by atomic mass is 10.1. The lowest BCUT2D eigenvalue weighted by Crippen LogP contribution is -2.37. The third-order valence-electron chi connectivity index (χ3n) is 4.19. The molecule has 3 amide bonds. The van der Waals surface area contributed by atoms with Gasteiger partial charge in [-0.15, -0.1) is 11.3 Å². The molecule has 0 aliphatic carbocycles. The number of nitrogens with one attached hydrogen (secondary N) is 2. The van der Waals surface area contributed by atoms with Crippen LogP contribution < -0.4 is 10.6 Å². The van der Waals surface area contributed by atoms with Crippen LogP contribution in [0, 0.1) is 0 Å². The number of nitrogens with zero attached hydrogens (tertiary/aromatic N) is 1. The van der Waals surface area contributed by atoms with E-state index >= 15 is 0 Å². The van der Waals surface area contributed by atoms with E-state index in [9.17, 15) is 14.4 Å². The van der Waals surface area contributed by atoms with Gasteiger partial charge in [-0.3, -0.25) is 14.4 Å². The summed E-state index contributed by atoms with van der Waals surface area (Å²) in [5.41, 5.74) is 1.27. The van der Waals surface area contributed by atoms with Gasteiger partial charge in [0.05, 0.1) is 28.0 Å². The summed E-state index contributed by atoms with van der Waals surface area (Å²) in [4.78, 5) is 38.8. The van der Waals surface area contributed by atoms with E-state index in [0.29, 0.717) is 22.7 Å². The minimum Gasteiger partial charge on any atom is -0.467 e. The highest BCUT2D eigenvalue weighted by atomic mass is 79.9. The average Bonchev–Trinajstić information content (AvgIpc) is 3.42. The Hall–Kier alpha value is -2.91. The summed E-state index contributed by atoms with van der Waals surface area (Å²) < 4.78 is 6.05. The average molecular weight is 490 g/mol. The van der Waals surface area contributed by atoms with Gasteiger partial charge in [0, 0.05) is 19.2 Å². The van der Waals surface area contributed by atoms with E-state index in [2.05, 4.69) is 26.6 Å². The normalized spacial score (nSPS) is 10.5. The molecule has 0 bridgehead atoms. The van der Waals surface area contributed by atoms with Crippen LogP contribution in [0.1, 0.15) is 31.4 Å². The predicted molar refractivity (Wildman–Crippen MR) is 117 cm³/mol. The Labute approximate surface area is 186 Å². The van der Waals surface area contributed by atoms with Gasteiger partial charge in [0.15, 0.2) is 0 Å². The molecule has 30 heavy (non-hydrogen) atoms. The van der Waals surface area contributed by atoms with Crippen LogP contribution in [-0.2, 0) is 17.9 Å². The number of carbonyl (C=O) groups excluding carboxylic acids is 3. The molecule has 0 saturated heterocycles. The number of carbonyl (C=O) groups is 3. The van der Waals surface area contributed by atoms with Gasteiger partial charge in [0.2, 0.25) is 5.91 Å². The molecule has 0 atom stereocenters. The topological polar surface area (TPSA) is 91.7 Å². The number of likely N-dealkylation sites (N-methyl/N-ethyl adjacent to an activating group) is 1. The van der Waals surface area contributed by atoms with Crippen molar-refractivity contribution in [2.24, 2.45) is 0 Å². The van der Waals surface area contributed by atoms with Crippen LogP contribution in [0.3, 0.4) is 0 Å². The maximum absolute atomic E-state index is 12.3. The number of benzene rings is 1. The van der Waals surface area contributed by atoms with Crippen molar-refractivity contribution in [2.75, 3.05) is 13.6 Å². The van der Waals surface area contributed by atoms with Crippen LogP contribution in [0.4, 0.5) is 0 Å². The molecule has 0 fully saturated rings. The summed E-state index contributed by atoms with van der Waals surface area (Å²) in [6.07, 6.45) is 1.55. The van der Waals surface area contributed by atoms with Crippen LogP contribution in [0.15, 0.2) is 63.0 Å². The molecule has 2 aromatic heterocycles. The molecule has 1 aromatic carbocycles. The van der Waals surface area contributed by atoms with Crippen molar-refractivity contribution in [1.82, 2.24) is 15.5 Å². The molecule has 0 spiro atoms. The number of thiophene rings is 1. The van der Waals surface area contributed by atoms with E-state index in [1.54, 1.807) is 55.8 Å². The van der Waals surface area contributed by atoms with Gasteiger partial charge in [-0.25, -0.2) is 0 Å². The first kappa shape index (κ1) is 21.8. The van der Waals surface area contributed by atoms with Crippen LogP contribution in [-0.4, -0.2) is 36.2 Å². The standard InChI is InChI=1S/C21H20BrN3O4S/c1-25(21(28)17-7-8-18(22)30-17)13-19(26)23-11-14-4-2-5-15(10-14)20(27)24-12-16-6-3-9-29-16/h2-10H,11-13H2,1H3,(H,23,26)(H,24,27). The van der Waals surface area contributed by atoms with E-state index in [1.165, 1.54) is 16.2 Å². The summed E-state index contributed by atoms with van der Waals surface area (Å²) in [6.45, 7) is 0.496. The van der Waals surface area contributed by atoms with Crippen molar-refractivity contribution in [3.8, 4) is 0 Å². The van der Waals surface area contributed by atoms with Crippen molar-refractivity contribution < 1.29 is 18.8 Å². The van der Waals surface area contributed by atoms with Gasteiger partial charge < -0.3 is 20.0 Å². The molecule has 156 valence electrons. The first-order chi connectivity index (χ1) is 14.4. The molecule has 9 heteroatoms. The molecular weight excluding hydrogens is 470 g/mol. The van der Waals surface area contributed by atoms with Crippen molar-refractivity contribution in [3.63, 3.8) is 0 Å². The van der Waals surface area contributed by atoms with Crippen molar-refractivity contribution >= 4 is 45.0 Å². The number of rotatable bonds is 8. The molecule has 0 saturated carbocycles. The molecular formula is C21H20BrN3O4S. The molecule has 3 rings (SSSR count). The van der Waals surface area contributed by atoms with Gasteiger partial charge in [-0.2, -0.15) is 0 Å². The lowest BCUT2D eigenvalue weighted by Gasteiger charge is -2.16. The fraction of sp³-hybridized carbons (Fsp3) is 0.190. The zero-order valence-electron chi connectivity index (χ0n) is 16.2. The molecule has 0 aliphatic heterocycles. The van der Waals surface area contributed by atoms with Gasteiger partial charge in [-0.1, -0.05) is 12.1 Å². The third kappa shape index (κ3) is 6.04. The summed E-state index contributed by atoms with van der Waals surface area (Å²) in [6, 6.07) is 14.1. The number of hydrogen-bond acceptors (Lipinski definition) is 5. The summed E-state index contributed by atoms with van der Waals surface area (Å²) in [5.74, 6) is -0.0578. The van der Waals surface area contributed by atoms with Gasteiger partial charge in [-0.05, 0) is 57.9 Å². The highest BCUT2D eigenvalue weighted by Crippen LogP contribution is 2.22. The minimum absolute atomic E-state index is 0.0579. The second-order valence-corrected chi connectivity index (χ2v) is 8.97. The zero-order chi connectivity index (χ0) is 21.5. The molecule has 0 unspecified atom stereocenters. The Kier molecular flexibility index (Phi) is 7.42. The largest absolute Gasteiger partial charge is 0.467 e. The third-order valence-corrected chi connectivity index (χ3v) is 5.81. The molecule has 0 radical (unpaired) electrons. The van der Waals surface area contributed by atoms with E-state index in [0.717, 1.165) is 9.35 Å². The van der Waals surface area contributed by atoms with Crippen LogP contribution in [0.25, 0.3) is 0 Å². The highest BCUT2D eigenvalue weighted by Gasteiger charge is 2.16. The first-order valence-corrected chi connectivity index (χ1v) is 10.7.